The largest absolute Gasteiger partial charge is 0.462 e. The Labute approximate surface area is 275 Å². The zero-order valence-corrected chi connectivity index (χ0v) is 28.6. The van der Waals surface area contributed by atoms with Crippen LogP contribution >= 0.6 is 0 Å². The summed E-state index contributed by atoms with van der Waals surface area (Å²) in [5.74, 6) is 2.22. The molecule has 0 radical (unpaired) electrons. The molecule has 0 bridgehead atoms. The van der Waals surface area contributed by atoms with Crippen molar-refractivity contribution >= 4 is 11.9 Å². The summed E-state index contributed by atoms with van der Waals surface area (Å²) in [6.07, 6.45) is 29.8. The van der Waals surface area contributed by atoms with Gasteiger partial charge in [-0.25, -0.2) is 0 Å². The third kappa shape index (κ3) is 27.7. The summed E-state index contributed by atoms with van der Waals surface area (Å²) in [5, 5.41) is 0. The smallest absolute Gasteiger partial charge is 0.306 e. The molecule has 0 aliphatic carbocycles. The third-order valence-electron chi connectivity index (χ3n) is 8.08. The lowest BCUT2D eigenvalue weighted by Gasteiger charge is -2.18. The average molecular weight is 629 g/mol. The molecule has 0 aliphatic heterocycles. The summed E-state index contributed by atoms with van der Waals surface area (Å²) in [7, 11) is 1.75. The van der Waals surface area contributed by atoms with E-state index in [0.717, 1.165) is 70.0 Å². The van der Waals surface area contributed by atoms with E-state index in [0.29, 0.717) is 19.4 Å². The molecule has 0 spiro atoms. The molecular formula is C39H64O6. The Morgan fingerprint density at radius 1 is 0.644 bits per heavy atom. The summed E-state index contributed by atoms with van der Waals surface area (Å²) in [5.41, 5.74) is 1.05. The van der Waals surface area contributed by atoms with Gasteiger partial charge in [0.1, 0.15) is 6.61 Å². The molecule has 0 saturated carbocycles. The van der Waals surface area contributed by atoms with E-state index in [-0.39, 0.29) is 25.2 Å². The van der Waals surface area contributed by atoms with Gasteiger partial charge in [0.25, 0.3) is 0 Å². The number of methoxy groups -OCH3 is 1. The van der Waals surface area contributed by atoms with Gasteiger partial charge >= 0.3 is 11.9 Å². The van der Waals surface area contributed by atoms with Gasteiger partial charge in [-0.1, -0.05) is 133 Å². The van der Waals surface area contributed by atoms with Crippen molar-refractivity contribution in [3.63, 3.8) is 0 Å². The molecule has 0 aromatic heterocycles. The lowest BCUT2D eigenvalue weighted by Crippen LogP contribution is -2.29. The van der Waals surface area contributed by atoms with Gasteiger partial charge < -0.3 is 18.9 Å². The van der Waals surface area contributed by atoms with Crippen molar-refractivity contribution < 1.29 is 28.5 Å². The first-order valence-electron chi connectivity index (χ1n) is 18.0. The molecule has 0 saturated heterocycles. The summed E-state index contributed by atoms with van der Waals surface area (Å²) < 4.78 is 22.1. The third-order valence-corrected chi connectivity index (χ3v) is 8.08. The van der Waals surface area contributed by atoms with Crippen LogP contribution in [0.5, 0.6) is 0 Å². The van der Waals surface area contributed by atoms with Crippen molar-refractivity contribution in [3.8, 4) is 12.3 Å². The number of unbranched alkanes of at least 4 members (excludes halogenated alkanes) is 19. The highest BCUT2D eigenvalue weighted by Gasteiger charge is 2.17. The second-order valence-corrected chi connectivity index (χ2v) is 12.3. The van der Waals surface area contributed by atoms with E-state index in [1.165, 1.54) is 77.0 Å². The van der Waals surface area contributed by atoms with E-state index >= 15 is 0 Å². The zero-order valence-electron chi connectivity index (χ0n) is 28.6. The molecule has 0 amide bonds. The van der Waals surface area contributed by atoms with E-state index in [4.69, 9.17) is 25.4 Å². The van der Waals surface area contributed by atoms with Crippen molar-refractivity contribution in [2.75, 3.05) is 26.9 Å². The quantitative estimate of drug-likeness (QED) is 0.0449. The maximum absolute atomic E-state index is 12.6. The molecule has 45 heavy (non-hydrogen) atoms. The molecule has 1 rings (SSSR count). The second kappa shape index (κ2) is 31.6. The highest BCUT2D eigenvalue weighted by molar-refractivity contribution is 5.70. The Hall–Kier alpha value is -2.36. The zero-order chi connectivity index (χ0) is 32.5. The summed E-state index contributed by atoms with van der Waals surface area (Å²) in [6.45, 7) is 1.51. The fourth-order valence-electron chi connectivity index (χ4n) is 5.34. The average Bonchev–Trinajstić information content (AvgIpc) is 3.05. The van der Waals surface area contributed by atoms with Gasteiger partial charge in [0.2, 0.25) is 0 Å². The van der Waals surface area contributed by atoms with E-state index < -0.39 is 6.10 Å². The summed E-state index contributed by atoms with van der Waals surface area (Å²) >= 11 is 0. The summed E-state index contributed by atoms with van der Waals surface area (Å²) in [6, 6.07) is 9.88. The number of ether oxygens (including phenoxy) is 4. The van der Waals surface area contributed by atoms with Crippen LogP contribution in [0.15, 0.2) is 30.3 Å². The lowest BCUT2D eigenvalue weighted by molar-refractivity contribution is -0.163. The van der Waals surface area contributed by atoms with Gasteiger partial charge in [-0.3, -0.25) is 9.59 Å². The van der Waals surface area contributed by atoms with Crippen LogP contribution in [-0.2, 0) is 35.1 Å². The Kier molecular flexibility index (Phi) is 28.6. The number of carbonyl (C=O) groups is 2. The van der Waals surface area contributed by atoms with Crippen LogP contribution in [0.4, 0.5) is 0 Å². The Bertz CT molecular complexity index is 849. The molecule has 0 aliphatic rings. The number of hydrogen-bond acceptors (Lipinski definition) is 6. The van der Waals surface area contributed by atoms with E-state index in [2.05, 4.69) is 5.92 Å². The monoisotopic (exact) mass is 628 g/mol. The molecule has 1 aromatic carbocycles. The van der Waals surface area contributed by atoms with Gasteiger partial charge in [0.15, 0.2) is 6.10 Å². The van der Waals surface area contributed by atoms with Crippen molar-refractivity contribution in [2.24, 2.45) is 0 Å². The normalized spacial score (nSPS) is 11.6. The molecule has 6 heteroatoms. The summed E-state index contributed by atoms with van der Waals surface area (Å²) in [4.78, 5) is 25.0. The predicted octanol–water partition coefficient (Wildman–Crippen LogP) is 9.91. The van der Waals surface area contributed by atoms with Crippen LogP contribution in [0.3, 0.4) is 0 Å². The molecule has 1 aromatic rings. The van der Waals surface area contributed by atoms with Gasteiger partial charge in [0, 0.05) is 33.0 Å². The molecule has 1 unspecified atom stereocenters. The molecule has 0 fully saturated rings. The Morgan fingerprint density at radius 3 is 1.67 bits per heavy atom. The number of esters is 2. The number of rotatable bonds is 32. The Morgan fingerprint density at radius 2 is 1.13 bits per heavy atom. The molecule has 256 valence electrons. The van der Waals surface area contributed by atoms with Gasteiger partial charge in [-0.2, -0.15) is 0 Å². The van der Waals surface area contributed by atoms with Crippen LogP contribution in [0.25, 0.3) is 0 Å². The van der Waals surface area contributed by atoms with E-state index in [9.17, 15) is 9.59 Å². The first-order chi connectivity index (χ1) is 22.2. The SMILES string of the molecule is C#CCCCCCCCCCCCCCC(=O)OCC(COCc1ccccc1)OC(=O)CCCCCCCCCCCOC. The van der Waals surface area contributed by atoms with Crippen LogP contribution in [0, 0.1) is 12.3 Å². The second-order valence-electron chi connectivity index (χ2n) is 12.3. The molecule has 6 nitrogen and oxygen atoms in total. The molecular weight excluding hydrogens is 564 g/mol. The maximum atomic E-state index is 12.6. The minimum Gasteiger partial charge on any atom is -0.462 e. The highest BCUT2D eigenvalue weighted by Crippen LogP contribution is 2.14. The molecule has 0 heterocycles. The fraction of sp³-hybridized carbons (Fsp3) is 0.744. The number of benzene rings is 1. The minimum absolute atomic E-state index is 0.0342. The topological polar surface area (TPSA) is 71.1 Å². The van der Waals surface area contributed by atoms with Crippen LogP contribution < -0.4 is 0 Å². The van der Waals surface area contributed by atoms with E-state index in [1.54, 1.807) is 7.11 Å². The number of terminal acetylenes is 1. The van der Waals surface area contributed by atoms with Crippen LogP contribution in [0.2, 0.25) is 0 Å². The van der Waals surface area contributed by atoms with Crippen molar-refractivity contribution in [2.45, 2.75) is 160 Å². The lowest BCUT2D eigenvalue weighted by atomic mass is 10.0. The predicted molar refractivity (Wildman–Crippen MR) is 184 cm³/mol. The number of hydrogen-bond donors (Lipinski definition) is 0. The van der Waals surface area contributed by atoms with Gasteiger partial charge in [-0.15, -0.1) is 12.3 Å². The molecule has 0 N–H and O–H groups in total. The maximum Gasteiger partial charge on any atom is 0.306 e. The van der Waals surface area contributed by atoms with Gasteiger partial charge in [-0.05, 0) is 31.2 Å². The van der Waals surface area contributed by atoms with E-state index in [1.807, 2.05) is 30.3 Å². The van der Waals surface area contributed by atoms with Crippen molar-refractivity contribution in [3.05, 3.63) is 35.9 Å². The first kappa shape index (κ1) is 40.7. The number of carbonyl (C=O) groups excluding carboxylic acids is 2. The Balaban J connectivity index is 2.19. The first-order valence-corrected chi connectivity index (χ1v) is 18.0. The molecule has 1 atom stereocenters. The highest BCUT2D eigenvalue weighted by atomic mass is 16.6. The van der Waals surface area contributed by atoms with Crippen LogP contribution in [-0.4, -0.2) is 45.0 Å². The fourth-order valence-corrected chi connectivity index (χ4v) is 5.34. The standard InChI is InChI=1S/C39H64O6/c1-3-4-5-6-7-8-9-10-11-13-16-19-25-30-38(40)44-35-37(34-43-33-36-28-23-22-24-29-36)45-39(41)31-26-20-17-14-12-15-18-21-27-32-42-2/h1,22-24,28-29,37H,4-21,25-27,30-35H2,2H3. The minimum atomic E-state index is -0.597. The van der Waals surface area contributed by atoms with Crippen LogP contribution in [0.1, 0.15) is 153 Å². The van der Waals surface area contributed by atoms with Crippen molar-refractivity contribution in [1.82, 2.24) is 0 Å². The van der Waals surface area contributed by atoms with Crippen molar-refractivity contribution in [1.29, 1.82) is 0 Å². The van der Waals surface area contributed by atoms with Gasteiger partial charge in [0.05, 0.1) is 13.2 Å².